The largest absolute Gasteiger partial charge is 0.630 e. The lowest BCUT2D eigenvalue weighted by molar-refractivity contribution is -0.143. The minimum Gasteiger partial charge on any atom is -0.481 e. The first kappa shape index (κ1) is 24.8. The number of hydrogen-bond acceptors (Lipinski definition) is 14. The van der Waals surface area contributed by atoms with Gasteiger partial charge in [0.2, 0.25) is 0 Å². The molecule has 0 amide bonds. The van der Waals surface area contributed by atoms with Crippen LogP contribution in [0.3, 0.4) is 0 Å². The Morgan fingerprint density at radius 3 is 1.46 bits per heavy atom. The smallest absolute Gasteiger partial charge is 0.481 e. The van der Waals surface area contributed by atoms with Gasteiger partial charge in [0, 0.05) is 0 Å². The average Bonchev–Trinajstić information content (AvgIpc) is 2.39. The molecule has 1 unspecified atom stereocenters. The van der Waals surface area contributed by atoms with E-state index in [-0.39, 0.29) is 0 Å². The van der Waals surface area contributed by atoms with Gasteiger partial charge in [0.1, 0.15) is 0 Å². The van der Waals surface area contributed by atoms with Crippen molar-refractivity contribution in [3.8, 4) is 0 Å². The zero-order valence-corrected chi connectivity index (χ0v) is 16.3. The maximum absolute atomic E-state index is 12.0. The van der Waals surface area contributed by atoms with Gasteiger partial charge in [-0.2, -0.15) is 8.42 Å². The third-order valence-corrected chi connectivity index (χ3v) is 4.87. The predicted molar refractivity (Wildman–Crippen MR) is 86.1 cm³/mol. The Morgan fingerprint density at radius 1 is 0.821 bits per heavy atom. The molecule has 1 rings (SSSR count). The predicted octanol–water partition coefficient (Wildman–Crippen LogP) is -3.77. The van der Waals surface area contributed by atoms with Gasteiger partial charge < -0.3 is 23.9 Å². The molecule has 0 radical (unpaired) electrons. The van der Waals surface area contributed by atoms with Crippen LogP contribution in [0.2, 0.25) is 0 Å². The molecule has 28 heavy (non-hydrogen) atoms. The summed E-state index contributed by atoms with van der Waals surface area (Å²) in [4.78, 5) is 21.6. The van der Waals surface area contributed by atoms with Crippen LogP contribution in [0.4, 0.5) is 0 Å². The molecule has 1 saturated heterocycles. The molecule has 0 aromatic heterocycles. The van der Waals surface area contributed by atoms with E-state index in [1.54, 1.807) is 0 Å². The molecular formula is C6H11B3O16S3. The van der Waals surface area contributed by atoms with Crippen LogP contribution >= 0.6 is 0 Å². The van der Waals surface area contributed by atoms with Crippen LogP contribution < -0.4 is 0 Å². The fourth-order valence-corrected chi connectivity index (χ4v) is 3.23. The Morgan fingerprint density at radius 2 is 1.18 bits per heavy atom. The Labute approximate surface area is 159 Å². The summed E-state index contributed by atoms with van der Waals surface area (Å²) in [7, 11) is -21.0. The maximum Gasteiger partial charge on any atom is 0.630 e. The first-order chi connectivity index (χ1) is 12.5. The number of aliphatic carboxylic acids is 2. The van der Waals surface area contributed by atoms with Crippen LogP contribution in [-0.4, -0.2) is 87.1 Å². The summed E-state index contributed by atoms with van der Waals surface area (Å²) in [6, 6.07) is 0. The zero-order chi connectivity index (χ0) is 21.9. The molecule has 1 fully saturated rings. The molecule has 1 heterocycles. The van der Waals surface area contributed by atoms with Gasteiger partial charge in [-0.25, -0.2) is 16.8 Å². The molecular weight excluding hydrogens is 457 g/mol. The lowest BCUT2D eigenvalue weighted by Gasteiger charge is -2.27. The molecule has 16 nitrogen and oxygen atoms in total. The third-order valence-electron chi connectivity index (χ3n) is 2.37. The van der Waals surface area contributed by atoms with Crippen molar-refractivity contribution < 1.29 is 71.1 Å². The van der Waals surface area contributed by atoms with E-state index in [1.165, 1.54) is 0 Å². The van der Waals surface area contributed by atoms with Crippen molar-refractivity contribution in [1.82, 2.24) is 0 Å². The van der Waals surface area contributed by atoms with Gasteiger partial charge in [0.25, 0.3) is 30.4 Å². The molecule has 0 bridgehead atoms. The molecule has 0 aromatic carbocycles. The topological polar surface area (TPSA) is 232 Å². The van der Waals surface area contributed by atoms with E-state index < -0.39 is 75.9 Å². The molecule has 0 saturated carbocycles. The summed E-state index contributed by atoms with van der Waals surface area (Å²) in [5.74, 6) is -3.90. The van der Waals surface area contributed by atoms with E-state index in [9.17, 15) is 34.8 Å². The lowest BCUT2D eigenvalue weighted by Crippen LogP contribution is -2.55. The van der Waals surface area contributed by atoms with Crippen molar-refractivity contribution in [3.05, 3.63) is 0 Å². The van der Waals surface area contributed by atoms with Gasteiger partial charge in [-0.05, 0) is 0 Å². The Kier molecular flexibility index (Phi) is 8.01. The molecule has 0 aromatic rings. The number of rotatable bonds is 10. The molecule has 0 spiro atoms. The van der Waals surface area contributed by atoms with Crippen molar-refractivity contribution in [2.45, 2.75) is 11.7 Å². The number of carboxylic acid groups (broad SMARTS) is 2. The minimum atomic E-state index is -5.25. The first-order valence-corrected chi connectivity index (χ1v) is 11.7. The van der Waals surface area contributed by atoms with Crippen molar-refractivity contribution in [2.75, 3.05) is 12.5 Å². The van der Waals surface area contributed by atoms with E-state index in [2.05, 4.69) is 26.0 Å². The van der Waals surface area contributed by atoms with E-state index in [0.29, 0.717) is 12.5 Å². The highest BCUT2D eigenvalue weighted by Gasteiger charge is 2.52. The van der Waals surface area contributed by atoms with Crippen molar-refractivity contribution in [1.29, 1.82) is 0 Å². The maximum atomic E-state index is 12.0. The van der Waals surface area contributed by atoms with Crippen LogP contribution in [0.1, 0.15) is 6.42 Å². The van der Waals surface area contributed by atoms with E-state index >= 15 is 0 Å². The summed E-state index contributed by atoms with van der Waals surface area (Å²) >= 11 is 0. The molecule has 1 aliphatic heterocycles. The van der Waals surface area contributed by atoms with Crippen molar-refractivity contribution in [2.24, 2.45) is 0 Å². The minimum absolute atomic E-state index is 0.529. The van der Waals surface area contributed by atoms with Crippen LogP contribution in [0.5, 0.6) is 0 Å². The number of carboxylic acids is 2. The van der Waals surface area contributed by atoms with E-state index in [4.69, 9.17) is 10.2 Å². The summed E-state index contributed by atoms with van der Waals surface area (Å²) in [5, 5.41) is 14.9. The van der Waals surface area contributed by atoms with Crippen LogP contribution in [0.25, 0.3) is 0 Å². The monoisotopic (exact) mass is 468 g/mol. The lowest BCUT2D eigenvalue weighted by atomic mass is 9.98. The van der Waals surface area contributed by atoms with Crippen LogP contribution in [0, 0.1) is 0 Å². The molecule has 22 heteroatoms. The fraction of sp³-hybridized carbons (Fsp3) is 0.667. The van der Waals surface area contributed by atoms with Crippen LogP contribution in [0.15, 0.2) is 0 Å². The second kappa shape index (κ2) is 9.05. The number of hydrogen-bond donors (Lipinski definition) is 2. The summed E-state index contributed by atoms with van der Waals surface area (Å²) in [6.07, 6.45) is -0.351. The Hall–Kier alpha value is -1.26. The fourth-order valence-electron chi connectivity index (χ4n) is 1.44. The second-order valence-electron chi connectivity index (χ2n) is 4.89. The highest BCUT2D eigenvalue weighted by molar-refractivity contribution is 7.89. The Bertz CT molecular complexity index is 867. The normalized spacial score (nSPS) is 17.4. The third kappa shape index (κ3) is 8.83. The van der Waals surface area contributed by atoms with Gasteiger partial charge in [0.05, 0.1) is 18.9 Å². The standard InChI is InChI=1S/C6H11B3O16S3/c1-26(14,15)23-7-20-8(24-27(2,16)17)22-9(21-7)25-28(18,19)4(6(12)13)3-5(10)11/h4H,3H2,1-2H3,(H,10,11)(H,12,13). The summed E-state index contributed by atoms with van der Waals surface area (Å²) < 4.78 is 94.7. The highest BCUT2D eigenvalue weighted by Crippen LogP contribution is 2.18. The van der Waals surface area contributed by atoms with Gasteiger partial charge in [-0.3, -0.25) is 21.9 Å². The van der Waals surface area contributed by atoms with Gasteiger partial charge in [0.15, 0.2) is 5.25 Å². The number of carbonyl (C=O) groups is 2. The first-order valence-electron chi connectivity index (χ1n) is 6.58. The average molecular weight is 468 g/mol. The molecule has 0 aliphatic carbocycles. The van der Waals surface area contributed by atoms with E-state index in [1.807, 2.05) is 0 Å². The highest BCUT2D eigenvalue weighted by atomic mass is 32.2. The molecule has 158 valence electrons. The van der Waals surface area contributed by atoms with Crippen molar-refractivity contribution in [3.63, 3.8) is 0 Å². The van der Waals surface area contributed by atoms with E-state index in [0.717, 1.165) is 0 Å². The molecule has 1 atom stereocenters. The summed E-state index contributed by atoms with van der Waals surface area (Å²) in [5.41, 5.74) is 0. The van der Waals surface area contributed by atoms with Gasteiger partial charge in [-0.15, -0.1) is 0 Å². The van der Waals surface area contributed by atoms with Gasteiger partial charge >= 0.3 is 33.9 Å². The van der Waals surface area contributed by atoms with Gasteiger partial charge in [-0.1, -0.05) is 0 Å². The van der Waals surface area contributed by atoms with Crippen LogP contribution in [-0.2, 0) is 66.0 Å². The zero-order valence-electron chi connectivity index (χ0n) is 13.9. The second-order valence-corrected chi connectivity index (χ2v) is 9.84. The summed E-state index contributed by atoms with van der Waals surface area (Å²) in [6.45, 7) is 0. The molecule has 1 aliphatic rings. The molecule has 2 N–H and O–H groups in total. The quantitative estimate of drug-likeness (QED) is 0.293. The van der Waals surface area contributed by atoms with Crippen molar-refractivity contribution >= 4 is 64.3 Å². The SMILES string of the molecule is CS(=O)(=O)OB1OB(OS(C)(=O)=O)OB(OS(=O)(=O)C(CC(=O)O)C(=O)O)O1. The Balaban J connectivity index is 3.07.